The maximum absolute atomic E-state index is 12.6. The summed E-state index contributed by atoms with van der Waals surface area (Å²) >= 11 is 0.611. The van der Waals surface area contributed by atoms with Crippen LogP contribution in [-0.4, -0.2) is 47.1 Å². The summed E-state index contributed by atoms with van der Waals surface area (Å²) in [5.74, 6) is -1.82. The van der Waals surface area contributed by atoms with Crippen LogP contribution in [0.15, 0.2) is 26.6 Å². The zero-order valence-electron chi connectivity index (χ0n) is 15.6. The zero-order chi connectivity index (χ0) is 21.1. The Morgan fingerprint density at radius 2 is 2.00 bits per heavy atom. The first-order chi connectivity index (χ1) is 13.0. The van der Waals surface area contributed by atoms with Crippen molar-refractivity contribution in [1.29, 1.82) is 0 Å². The first kappa shape index (κ1) is 22.5. The Kier molecular flexibility index (Phi) is 7.02. The van der Waals surface area contributed by atoms with Crippen LogP contribution in [0.3, 0.4) is 0 Å². The summed E-state index contributed by atoms with van der Waals surface area (Å²) in [6.45, 7) is 5.74. The molecule has 0 spiro atoms. The van der Waals surface area contributed by atoms with Gasteiger partial charge in [0.05, 0.1) is 11.9 Å². The fourth-order valence-corrected chi connectivity index (χ4v) is 7.67. The Morgan fingerprint density at radius 3 is 2.61 bits per heavy atom. The molecule has 1 aromatic rings. The number of fused-ring (bicyclic) bond motifs is 1. The van der Waals surface area contributed by atoms with E-state index in [9.17, 15) is 26.4 Å². The highest BCUT2D eigenvalue weighted by atomic mass is 32.3. The van der Waals surface area contributed by atoms with Crippen molar-refractivity contribution in [3.05, 3.63) is 23.8 Å². The predicted octanol–water partition coefficient (Wildman–Crippen LogP) is 0.889. The highest BCUT2D eigenvalue weighted by molar-refractivity contribution is 7.95. The first-order valence-corrected chi connectivity index (χ1v) is 12.4. The first-order valence-electron chi connectivity index (χ1n) is 8.55. The van der Waals surface area contributed by atoms with Crippen LogP contribution in [0.25, 0.3) is 0 Å². The number of ether oxygens (including phenoxy) is 1. The quantitative estimate of drug-likeness (QED) is 0.462. The van der Waals surface area contributed by atoms with Crippen molar-refractivity contribution in [3.63, 3.8) is 0 Å². The monoisotopic (exact) mass is 450 g/mol. The molecule has 0 radical (unpaired) electrons. The van der Waals surface area contributed by atoms with Crippen molar-refractivity contribution in [3.8, 4) is 0 Å². The molecule has 2 atom stereocenters. The number of hydrogen-bond donors (Lipinski definition) is 2. The molecule has 0 aliphatic carbocycles. The molecule has 0 aromatic carbocycles. The van der Waals surface area contributed by atoms with Crippen molar-refractivity contribution < 1.29 is 31.2 Å². The van der Waals surface area contributed by atoms with Crippen LogP contribution in [0.2, 0.25) is 0 Å². The number of amides is 1. The summed E-state index contributed by atoms with van der Waals surface area (Å²) in [4.78, 5) is 23.0. The smallest absolute Gasteiger partial charge is 0.330 e. The molecule has 0 unspecified atom stereocenters. The van der Waals surface area contributed by atoms with Crippen LogP contribution in [0.4, 0.5) is 0 Å². The largest absolute Gasteiger partial charge is 0.463 e. The average Bonchev–Trinajstić information content (AvgIpc) is 3.06. The third-order valence-electron chi connectivity index (χ3n) is 4.04. The van der Waals surface area contributed by atoms with Gasteiger partial charge in [-0.25, -0.2) is 26.4 Å². The summed E-state index contributed by atoms with van der Waals surface area (Å²) < 4.78 is 56.3. The molecule has 0 saturated carbocycles. The van der Waals surface area contributed by atoms with Gasteiger partial charge in [-0.15, -0.1) is 11.3 Å². The fraction of sp³-hybridized carbons (Fsp3) is 0.500. The normalized spacial score (nSPS) is 21.2. The Bertz CT molecular complexity index is 993. The van der Waals surface area contributed by atoms with Gasteiger partial charge in [0.15, 0.2) is 9.84 Å². The second-order valence-electron chi connectivity index (χ2n) is 6.06. The number of thiophene rings is 1. The van der Waals surface area contributed by atoms with Crippen molar-refractivity contribution in [2.45, 2.75) is 46.9 Å². The van der Waals surface area contributed by atoms with Crippen LogP contribution in [0, 0.1) is 0 Å². The average molecular weight is 451 g/mol. The van der Waals surface area contributed by atoms with Gasteiger partial charge < -0.3 is 10.1 Å². The summed E-state index contributed by atoms with van der Waals surface area (Å²) in [6.07, 6.45) is 1.87. The number of carbonyl (C=O) groups is 2. The Balaban J connectivity index is 2.32. The molecule has 0 saturated heterocycles. The molecule has 156 valence electrons. The van der Waals surface area contributed by atoms with Crippen molar-refractivity contribution in [1.82, 2.24) is 10.0 Å². The van der Waals surface area contributed by atoms with Gasteiger partial charge in [-0.3, -0.25) is 4.79 Å². The lowest BCUT2D eigenvalue weighted by molar-refractivity contribution is -0.137. The van der Waals surface area contributed by atoms with Gasteiger partial charge in [0.1, 0.15) is 8.42 Å². The minimum absolute atomic E-state index is 0.00732. The minimum Gasteiger partial charge on any atom is -0.463 e. The SMILES string of the molecule is CCN[C@H]1C[C@H](C)S(=O)(=O)c2sc(S(=O)(=O)NC(=O)/C=C/C(=O)OCC)cc21. The molecular weight excluding hydrogens is 428 g/mol. The molecule has 1 aromatic heterocycles. The van der Waals surface area contributed by atoms with Crippen LogP contribution < -0.4 is 10.0 Å². The molecule has 2 rings (SSSR count). The lowest BCUT2D eigenvalue weighted by atomic mass is 10.1. The molecule has 2 N–H and O–H groups in total. The van der Waals surface area contributed by atoms with Gasteiger partial charge in [0.25, 0.3) is 15.9 Å². The fourth-order valence-electron chi connectivity index (χ4n) is 2.72. The number of sulfone groups is 1. The van der Waals surface area contributed by atoms with E-state index in [0.29, 0.717) is 29.9 Å². The number of carbonyl (C=O) groups excluding carboxylic acids is 2. The maximum Gasteiger partial charge on any atom is 0.330 e. The van der Waals surface area contributed by atoms with E-state index in [1.807, 2.05) is 6.92 Å². The van der Waals surface area contributed by atoms with Gasteiger partial charge >= 0.3 is 5.97 Å². The highest BCUT2D eigenvalue weighted by Crippen LogP contribution is 2.42. The van der Waals surface area contributed by atoms with Gasteiger partial charge in [-0.05, 0) is 32.9 Å². The summed E-state index contributed by atoms with van der Waals surface area (Å²) in [5.41, 5.74) is 0.389. The van der Waals surface area contributed by atoms with Crippen LogP contribution in [0.1, 0.15) is 38.8 Å². The molecule has 9 nitrogen and oxygen atoms in total. The summed E-state index contributed by atoms with van der Waals surface area (Å²) in [6, 6.07) is 0.986. The number of esters is 1. The molecule has 0 bridgehead atoms. The van der Waals surface area contributed by atoms with E-state index in [-0.39, 0.29) is 21.1 Å². The van der Waals surface area contributed by atoms with E-state index in [1.54, 1.807) is 18.6 Å². The van der Waals surface area contributed by atoms with Crippen molar-refractivity contribution in [2.24, 2.45) is 0 Å². The number of rotatable bonds is 7. The molecule has 0 fully saturated rings. The van der Waals surface area contributed by atoms with Gasteiger partial charge in [0.2, 0.25) is 0 Å². The lowest BCUT2D eigenvalue weighted by Gasteiger charge is -2.27. The molecule has 1 aliphatic rings. The van der Waals surface area contributed by atoms with E-state index in [0.717, 1.165) is 12.2 Å². The molecular formula is C16H22N2O7S3. The standard InChI is InChI=1S/C16H22N2O7S3/c1-4-17-12-8-10(3)27(21,22)16-11(12)9-15(26-16)28(23,24)18-13(19)6-7-14(20)25-5-2/h6-7,9-10,12,17H,4-5,8H2,1-3H3,(H,18,19)/b7-6+/t10-,12-/m0/s1. The lowest BCUT2D eigenvalue weighted by Crippen LogP contribution is -2.33. The van der Waals surface area contributed by atoms with E-state index in [4.69, 9.17) is 0 Å². The highest BCUT2D eigenvalue weighted by Gasteiger charge is 2.39. The Labute approximate surface area is 168 Å². The second-order valence-corrected chi connectivity index (χ2v) is 11.6. The second kappa shape index (κ2) is 8.72. The summed E-state index contributed by atoms with van der Waals surface area (Å²) in [7, 11) is -7.94. The Morgan fingerprint density at radius 1 is 1.32 bits per heavy atom. The van der Waals surface area contributed by atoms with Crippen LogP contribution >= 0.6 is 11.3 Å². The van der Waals surface area contributed by atoms with Crippen molar-refractivity contribution >= 4 is 43.1 Å². The van der Waals surface area contributed by atoms with E-state index in [2.05, 4.69) is 10.1 Å². The molecule has 1 aliphatic heterocycles. The van der Waals surface area contributed by atoms with Gasteiger partial charge in [0, 0.05) is 23.8 Å². The topological polar surface area (TPSA) is 136 Å². The minimum atomic E-state index is -4.30. The van der Waals surface area contributed by atoms with Gasteiger partial charge in [-0.2, -0.15) is 0 Å². The molecule has 2 heterocycles. The third kappa shape index (κ3) is 4.80. The third-order valence-corrected chi connectivity index (χ3v) is 9.76. The predicted molar refractivity (Wildman–Crippen MR) is 103 cm³/mol. The van der Waals surface area contributed by atoms with Gasteiger partial charge in [-0.1, -0.05) is 6.92 Å². The van der Waals surface area contributed by atoms with Crippen LogP contribution in [0.5, 0.6) is 0 Å². The van der Waals surface area contributed by atoms with Crippen molar-refractivity contribution in [2.75, 3.05) is 13.2 Å². The van der Waals surface area contributed by atoms with E-state index < -0.39 is 37.0 Å². The molecule has 12 heteroatoms. The maximum atomic E-state index is 12.6. The molecule has 28 heavy (non-hydrogen) atoms. The zero-order valence-corrected chi connectivity index (χ0v) is 18.0. The number of sulfonamides is 1. The van der Waals surface area contributed by atoms with E-state index in [1.165, 1.54) is 6.07 Å². The number of hydrogen-bond acceptors (Lipinski definition) is 9. The molecule has 1 amide bonds. The summed E-state index contributed by atoms with van der Waals surface area (Å²) in [5, 5.41) is 2.50. The number of nitrogens with one attached hydrogen (secondary N) is 2. The van der Waals surface area contributed by atoms with E-state index >= 15 is 0 Å². The Hall–Kier alpha value is -1.76. The van der Waals surface area contributed by atoms with Crippen LogP contribution in [-0.2, 0) is 34.2 Å².